The third-order valence-electron chi connectivity index (χ3n) is 5.31. The molecule has 168 valence electrons. The van der Waals surface area contributed by atoms with Crippen molar-refractivity contribution in [2.75, 3.05) is 29.9 Å². The number of benzene rings is 2. The molecule has 3 aromatic rings. The van der Waals surface area contributed by atoms with E-state index in [4.69, 9.17) is 9.47 Å². The van der Waals surface area contributed by atoms with Crippen LogP contribution in [0, 0.1) is 13.8 Å². The van der Waals surface area contributed by atoms with E-state index in [1.54, 1.807) is 28.5 Å². The van der Waals surface area contributed by atoms with Crippen LogP contribution in [-0.4, -0.2) is 39.6 Å². The molecule has 2 aromatic carbocycles. The van der Waals surface area contributed by atoms with Crippen LogP contribution in [0.2, 0.25) is 0 Å². The van der Waals surface area contributed by atoms with Gasteiger partial charge in [-0.05, 0) is 62.2 Å². The molecule has 0 aliphatic carbocycles. The van der Waals surface area contributed by atoms with Crippen molar-refractivity contribution < 1.29 is 22.7 Å². The third-order valence-corrected chi connectivity index (χ3v) is 7.56. The number of nitrogens with one attached hydrogen (secondary N) is 1. The Morgan fingerprint density at radius 2 is 1.97 bits per heavy atom. The summed E-state index contributed by atoms with van der Waals surface area (Å²) >= 11 is 1.18. The number of carbonyl (C=O) groups excluding carboxylic acids is 1. The predicted octanol–water partition coefficient (Wildman–Crippen LogP) is 3.98. The molecule has 1 aliphatic heterocycles. The van der Waals surface area contributed by atoms with E-state index in [9.17, 15) is 13.2 Å². The second kappa shape index (κ2) is 8.44. The molecule has 4 rings (SSSR count). The van der Waals surface area contributed by atoms with Crippen LogP contribution in [0.4, 0.5) is 10.8 Å². The van der Waals surface area contributed by atoms with Crippen LogP contribution in [0.3, 0.4) is 0 Å². The van der Waals surface area contributed by atoms with Crippen molar-refractivity contribution in [3.05, 3.63) is 46.8 Å². The molecule has 1 aromatic heterocycles. The van der Waals surface area contributed by atoms with Crippen molar-refractivity contribution in [1.29, 1.82) is 0 Å². The molecule has 0 unspecified atom stereocenters. The van der Waals surface area contributed by atoms with Gasteiger partial charge in [0.2, 0.25) is 0 Å². The van der Waals surface area contributed by atoms with Crippen LogP contribution in [0.25, 0.3) is 11.3 Å². The van der Waals surface area contributed by atoms with Gasteiger partial charge in [-0.25, -0.2) is 13.4 Å². The number of thiazole rings is 1. The van der Waals surface area contributed by atoms with E-state index in [1.165, 1.54) is 18.4 Å². The van der Waals surface area contributed by atoms with Crippen molar-refractivity contribution in [2.24, 2.45) is 0 Å². The van der Waals surface area contributed by atoms with E-state index in [-0.39, 0.29) is 28.3 Å². The number of rotatable bonds is 6. The number of carbonyl (C=O) groups is 1. The molecule has 0 bridgehead atoms. The lowest BCUT2D eigenvalue weighted by molar-refractivity contribution is -0.121. The van der Waals surface area contributed by atoms with Crippen LogP contribution < -0.4 is 19.1 Å². The van der Waals surface area contributed by atoms with Gasteiger partial charge in [0.1, 0.15) is 16.4 Å². The fourth-order valence-corrected chi connectivity index (χ4v) is 5.67. The Balaban J connectivity index is 1.64. The Labute approximate surface area is 190 Å². The molecule has 0 fully saturated rings. The molecular weight excluding hydrogens is 450 g/mol. The fourth-order valence-electron chi connectivity index (χ4n) is 3.46. The van der Waals surface area contributed by atoms with Crippen LogP contribution in [0.15, 0.2) is 40.6 Å². The van der Waals surface area contributed by atoms with Gasteiger partial charge in [-0.1, -0.05) is 0 Å². The smallest absolute Gasteiger partial charge is 0.267 e. The number of nitrogens with zero attached hydrogens (tertiary/aromatic N) is 2. The number of hydrogen-bond acceptors (Lipinski definition) is 7. The van der Waals surface area contributed by atoms with Crippen molar-refractivity contribution in [2.45, 2.75) is 25.7 Å². The molecule has 32 heavy (non-hydrogen) atoms. The van der Waals surface area contributed by atoms with E-state index < -0.39 is 10.0 Å². The van der Waals surface area contributed by atoms with Crippen molar-refractivity contribution in [1.82, 2.24) is 4.98 Å². The highest BCUT2D eigenvalue weighted by Crippen LogP contribution is 2.37. The number of amides is 1. The summed E-state index contributed by atoms with van der Waals surface area (Å²) in [6.45, 7) is 6.19. The number of fused-ring (bicyclic) bond motifs is 1. The molecule has 0 atom stereocenters. The second-order valence-corrected chi connectivity index (χ2v) is 9.85. The first-order valence-corrected chi connectivity index (χ1v) is 12.3. The van der Waals surface area contributed by atoms with Crippen LogP contribution in [-0.2, 0) is 14.8 Å². The van der Waals surface area contributed by atoms with Gasteiger partial charge in [0.15, 0.2) is 11.7 Å². The molecular formula is C22H23N3O5S2. The van der Waals surface area contributed by atoms with Crippen LogP contribution in [0.5, 0.6) is 11.5 Å². The number of aromatic nitrogens is 1. The zero-order valence-corrected chi connectivity index (χ0v) is 19.8. The standard InChI is InChI=1S/C22H23N3O5S2/c1-5-25-17-10-15(6-7-18(17)30-11-21(25)26)16-12-31-22(23-16)24-32(27,28)20-9-14(3)13(2)8-19(20)29-4/h6-10,12H,5,11H2,1-4H3,(H,23,24). The minimum Gasteiger partial charge on any atom is -0.495 e. The summed E-state index contributed by atoms with van der Waals surface area (Å²) in [5.41, 5.74) is 3.81. The number of sulfonamides is 1. The lowest BCUT2D eigenvalue weighted by atomic mass is 10.1. The second-order valence-electron chi connectivity index (χ2n) is 7.34. The van der Waals surface area contributed by atoms with Crippen molar-refractivity contribution >= 4 is 38.1 Å². The number of likely N-dealkylation sites (N-methyl/N-ethyl adjacent to an activating group) is 1. The predicted molar refractivity (Wildman–Crippen MR) is 124 cm³/mol. The Kier molecular flexibility index (Phi) is 5.83. The van der Waals surface area contributed by atoms with E-state index in [0.717, 1.165) is 16.7 Å². The minimum absolute atomic E-state index is 0.0186. The van der Waals surface area contributed by atoms with Gasteiger partial charge >= 0.3 is 0 Å². The molecule has 1 N–H and O–H groups in total. The third kappa shape index (κ3) is 4.03. The first-order valence-electron chi connectivity index (χ1n) is 9.94. The molecule has 1 amide bonds. The monoisotopic (exact) mass is 473 g/mol. The molecule has 8 nitrogen and oxygen atoms in total. The highest BCUT2D eigenvalue weighted by atomic mass is 32.2. The summed E-state index contributed by atoms with van der Waals surface area (Å²) in [5.74, 6) is 0.802. The Hall–Kier alpha value is -3.11. The highest BCUT2D eigenvalue weighted by Gasteiger charge is 2.25. The van der Waals surface area contributed by atoms with E-state index >= 15 is 0 Å². The fraction of sp³-hybridized carbons (Fsp3) is 0.273. The normalized spacial score (nSPS) is 13.5. The number of hydrogen-bond donors (Lipinski definition) is 1. The lowest BCUT2D eigenvalue weighted by Crippen LogP contribution is -2.38. The number of anilines is 2. The minimum atomic E-state index is -3.90. The van der Waals surface area contributed by atoms with Gasteiger partial charge < -0.3 is 14.4 Å². The summed E-state index contributed by atoms with van der Waals surface area (Å²) < 4.78 is 39.4. The maximum absolute atomic E-state index is 13.0. The zero-order valence-electron chi connectivity index (χ0n) is 18.1. The first kappa shape index (κ1) is 22.1. The van der Waals surface area contributed by atoms with Crippen molar-refractivity contribution in [3.63, 3.8) is 0 Å². The number of ether oxygens (including phenoxy) is 2. The van der Waals surface area contributed by atoms with Crippen molar-refractivity contribution in [3.8, 4) is 22.8 Å². The lowest BCUT2D eigenvalue weighted by Gasteiger charge is -2.28. The number of aryl methyl sites for hydroxylation is 2. The van der Waals surface area contributed by atoms with E-state index in [2.05, 4.69) is 9.71 Å². The average Bonchev–Trinajstić information content (AvgIpc) is 3.22. The van der Waals surface area contributed by atoms with Gasteiger partial charge in [-0.2, -0.15) is 0 Å². The molecule has 0 spiro atoms. The summed E-state index contributed by atoms with van der Waals surface area (Å²) in [7, 11) is -2.46. The molecule has 2 heterocycles. The molecule has 0 radical (unpaired) electrons. The largest absolute Gasteiger partial charge is 0.495 e. The Morgan fingerprint density at radius 1 is 1.22 bits per heavy atom. The summed E-state index contributed by atoms with van der Waals surface area (Å²) in [5, 5.41) is 2.00. The molecule has 1 aliphatic rings. The number of methoxy groups -OCH3 is 1. The maximum Gasteiger partial charge on any atom is 0.267 e. The van der Waals surface area contributed by atoms with Gasteiger partial charge in [0, 0.05) is 17.5 Å². The molecule has 0 saturated carbocycles. The highest BCUT2D eigenvalue weighted by molar-refractivity contribution is 7.93. The van der Waals surface area contributed by atoms with Crippen LogP contribution in [0.1, 0.15) is 18.1 Å². The SMILES string of the molecule is CCN1C(=O)COc2ccc(-c3csc(NS(=O)(=O)c4cc(C)c(C)cc4OC)n3)cc21. The first-order chi connectivity index (χ1) is 15.2. The Morgan fingerprint density at radius 3 is 2.69 bits per heavy atom. The summed E-state index contributed by atoms with van der Waals surface area (Å²) in [6, 6.07) is 8.75. The average molecular weight is 474 g/mol. The molecule has 0 saturated heterocycles. The maximum atomic E-state index is 13.0. The van der Waals surface area contributed by atoms with E-state index in [1.807, 2.05) is 32.9 Å². The van der Waals surface area contributed by atoms with Gasteiger partial charge in [0.05, 0.1) is 18.5 Å². The topological polar surface area (TPSA) is 97.8 Å². The van der Waals surface area contributed by atoms with Gasteiger partial charge in [-0.3, -0.25) is 9.52 Å². The van der Waals surface area contributed by atoms with E-state index in [0.29, 0.717) is 23.7 Å². The molecule has 10 heteroatoms. The Bertz CT molecular complexity index is 1300. The zero-order chi connectivity index (χ0) is 23.0. The van der Waals surface area contributed by atoms with Gasteiger partial charge in [0.25, 0.3) is 15.9 Å². The summed E-state index contributed by atoms with van der Waals surface area (Å²) in [4.78, 5) is 18.3. The summed E-state index contributed by atoms with van der Waals surface area (Å²) in [6.07, 6.45) is 0. The van der Waals surface area contributed by atoms with Gasteiger partial charge in [-0.15, -0.1) is 11.3 Å². The quantitative estimate of drug-likeness (QED) is 0.582. The van der Waals surface area contributed by atoms with Crippen LogP contribution >= 0.6 is 11.3 Å².